The van der Waals surface area contributed by atoms with Gasteiger partial charge >= 0.3 is 0 Å². The summed E-state index contributed by atoms with van der Waals surface area (Å²) in [7, 11) is 3.27. The molecule has 0 spiro atoms. The Bertz CT molecular complexity index is 315. The van der Waals surface area contributed by atoms with Crippen LogP contribution in [0.1, 0.15) is 18.9 Å². The smallest absolute Gasteiger partial charge is 0.122 e. The van der Waals surface area contributed by atoms with Crippen molar-refractivity contribution >= 4 is 0 Å². The van der Waals surface area contributed by atoms with Crippen molar-refractivity contribution in [1.82, 2.24) is 5.32 Å². The molecule has 1 unspecified atom stereocenters. The zero-order valence-electron chi connectivity index (χ0n) is 10.7. The third kappa shape index (κ3) is 4.24. The van der Waals surface area contributed by atoms with E-state index in [4.69, 9.17) is 14.6 Å². The first-order chi connectivity index (χ1) is 8.23. The first-order valence-electron chi connectivity index (χ1n) is 5.79. The summed E-state index contributed by atoms with van der Waals surface area (Å²) in [5.41, 5.74) is 1.08. The molecule has 0 radical (unpaired) electrons. The van der Waals surface area contributed by atoms with Gasteiger partial charge in [0.15, 0.2) is 0 Å². The lowest BCUT2D eigenvalue weighted by Crippen LogP contribution is -2.31. The lowest BCUT2D eigenvalue weighted by atomic mass is 10.1. The predicted molar refractivity (Wildman–Crippen MR) is 67.6 cm³/mol. The number of rotatable bonds is 7. The molecule has 1 rings (SSSR count). The Labute approximate surface area is 103 Å². The monoisotopic (exact) mass is 239 g/mol. The minimum Gasteiger partial charge on any atom is -0.497 e. The molecule has 1 atom stereocenters. The van der Waals surface area contributed by atoms with Gasteiger partial charge in [0.25, 0.3) is 0 Å². The Morgan fingerprint density at radius 3 is 2.18 bits per heavy atom. The van der Waals surface area contributed by atoms with Crippen LogP contribution in [-0.2, 0) is 6.54 Å². The van der Waals surface area contributed by atoms with Gasteiger partial charge in [-0.3, -0.25) is 0 Å². The Morgan fingerprint density at radius 1 is 1.18 bits per heavy atom. The Kier molecular flexibility index (Phi) is 5.80. The van der Waals surface area contributed by atoms with Crippen molar-refractivity contribution in [3.8, 4) is 11.5 Å². The van der Waals surface area contributed by atoms with Crippen LogP contribution < -0.4 is 14.8 Å². The van der Waals surface area contributed by atoms with Crippen LogP contribution in [0.2, 0.25) is 0 Å². The van der Waals surface area contributed by atoms with Crippen LogP contribution in [0.25, 0.3) is 0 Å². The third-order valence-corrected chi connectivity index (χ3v) is 2.72. The molecule has 4 nitrogen and oxygen atoms in total. The van der Waals surface area contributed by atoms with Gasteiger partial charge in [-0.15, -0.1) is 0 Å². The van der Waals surface area contributed by atoms with E-state index in [1.807, 2.05) is 25.1 Å². The number of benzene rings is 1. The van der Waals surface area contributed by atoms with Crippen LogP contribution in [0, 0.1) is 0 Å². The predicted octanol–water partition coefficient (Wildman–Crippen LogP) is 1.56. The quantitative estimate of drug-likeness (QED) is 0.758. The molecule has 96 valence electrons. The molecule has 1 aromatic carbocycles. The summed E-state index contributed by atoms with van der Waals surface area (Å²) in [5.74, 6) is 1.55. The first-order valence-corrected chi connectivity index (χ1v) is 5.79. The van der Waals surface area contributed by atoms with Crippen LogP contribution in [0.4, 0.5) is 0 Å². The molecule has 0 aromatic heterocycles. The van der Waals surface area contributed by atoms with Gasteiger partial charge in [-0.25, -0.2) is 0 Å². The Hall–Kier alpha value is -1.26. The number of hydrogen-bond donors (Lipinski definition) is 2. The summed E-state index contributed by atoms with van der Waals surface area (Å²) in [6.07, 6.45) is 0.900. The standard InChI is InChI=1S/C13H21NO3/c1-4-11(9-15)14-8-10-5-12(16-2)7-13(6-10)17-3/h5-7,11,14-15H,4,8-9H2,1-3H3. The van der Waals surface area contributed by atoms with Crippen molar-refractivity contribution in [3.63, 3.8) is 0 Å². The highest BCUT2D eigenvalue weighted by Gasteiger charge is 2.05. The van der Waals surface area contributed by atoms with Crippen molar-refractivity contribution in [2.45, 2.75) is 25.9 Å². The molecular weight excluding hydrogens is 218 g/mol. The molecule has 0 aliphatic rings. The molecule has 2 N–H and O–H groups in total. The van der Waals surface area contributed by atoms with Crippen molar-refractivity contribution in [1.29, 1.82) is 0 Å². The van der Waals surface area contributed by atoms with Crippen LogP contribution >= 0.6 is 0 Å². The highest BCUT2D eigenvalue weighted by atomic mass is 16.5. The van der Waals surface area contributed by atoms with Crippen molar-refractivity contribution in [2.75, 3.05) is 20.8 Å². The molecular formula is C13H21NO3. The van der Waals surface area contributed by atoms with Crippen LogP contribution in [0.5, 0.6) is 11.5 Å². The van der Waals surface area contributed by atoms with Crippen LogP contribution in [0.3, 0.4) is 0 Å². The van der Waals surface area contributed by atoms with Gasteiger partial charge in [0, 0.05) is 18.7 Å². The van der Waals surface area contributed by atoms with Gasteiger partial charge in [0.2, 0.25) is 0 Å². The average Bonchev–Trinajstić information content (AvgIpc) is 2.39. The number of aliphatic hydroxyl groups excluding tert-OH is 1. The van der Waals surface area contributed by atoms with Crippen molar-refractivity contribution < 1.29 is 14.6 Å². The van der Waals surface area contributed by atoms with Crippen molar-refractivity contribution in [3.05, 3.63) is 23.8 Å². The van der Waals surface area contributed by atoms with E-state index in [9.17, 15) is 0 Å². The molecule has 0 saturated carbocycles. The normalized spacial score (nSPS) is 12.2. The molecule has 1 aromatic rings. The van der Waals surface area contributed by atoms with Gasteiger partial charge in [-0.1, -0.05) is 6.92 Å². The summed E-state index contributed by atoms with van der Waals surface area (Å²) in [6, 6.07) is 5.89. The van der Waals surface area contributed by atoms with Crippen LogP contribution in [-0.4, -0.2) is 32.0 Å². The lowest BCUT2D eigenvalue weighted by molar-refractivity contribution is 0.238. The Morgan fingerprint density at radius 2 is 1.76 bits per heavy atom. The van der Waals surface area contributed by atoms with E-state index < -0.39 is 0 Å². The van der Waals surface area contributed by atoms with Crippen molar-refractivity contribution in [2.24, 2.45) is 0 Å². The molecule has 17 heavy (non-hydrogen) atoms. The number of aliphatic hydroxyl groups is 1. The molecule has 0 saturated heterocycles. The molecule has 0 bridgehead atoms. The van der Waals surface area contributed by atoms with E-state index in [1.54, 1.807) is 14.2 Å². The van der Waals surface area contributed by atoms with E-state index in [-0.39, 0.29) is 12.6 Å². The summed E-state index contributed by atoms with van der Waals surface area (Å²) >= 11 is 0. The van der Waals surface area contributed by atoms with E-state index in [0.717, 1.165) is 23.5 Å². The molecule has 0 aliphatic carbocycles. The van der Waals surface area contributed by atoms with Gasteiger partial charge < -0.3 is 19.9 Å². The molecule has 4 heteroatoms. The maximum atomic E-state index is 9.09. The summed E-state index contributed by atoms with van der Waals surface area (Å²) < 4.78 is 10.4. The van der Waals surface area contributed by atoms with Gasteiger partial charge in [0.05, 0.1) is 20.8 Å². The number of ether oxygens (including phenoxy) is 2. The second kappa shape index (κ2) is 7.14. The van der Waals surface area contributed by atoms with Crippen LogP contribution in [0.15, 0.2) is 18.2 Å². The summed E-state index contributed by atoms with van der Waals surface area (Å²) in [6.45, 7) is 2.88. The number of hydrogen-bond acceptors (Lipinski definition) is 4. The second-order valence-corrected chi connectivity index (χ2v) is 3.89. The average molecular weight is 239 g/mol. The minimum atomic E-state index is 0.132. The fourth-order valence-corrected chi connectivity index (χ4v) is 1.57. The van der Waals surface area contributed by atoms with E-state index in [0.29, 0.717) is 6.54 Å². The van der Waals surface area contributed by atoms with Gasteiger partial charge in [-0.05, 0) is 24.1 Å². The topological polar surface area (TPSA) is 50.7 Å². The minimum absolute atomic E-state index is 0.132. The molecule has 0 fully saturated rings. The highest BCUT2D eigenvalue weighted by molar-refractivity contribution is 5.38. The SMILES string of the molecule is CCC(CO)NCc1cc(OC)cc(OC)c1. The zero-order valence-corrected chi connectivity index (χ0v) is 10.7. The van der Waals surface area contributed by atoms with Gasteiger partial charge in [0.1, 0.15) is 11.5 Å². The lowest BCUT2D eigenvalue weighted by Gasteiger charge is -2.15. The largest absolute Gasteiger partial charge is 0.497 e. The second-order valence-electron chi connectivity index (χ2n) is 3.89. The summed E-state index contributed by atoms with van der Waals surface area (Å²) in [4.78, 5) is 0. The Balaban J connectivity index is 2.69. The zero-order chi connectivity index (χ0) is 12.7. The van der Waals surface area contributed by atoms with E-state index in [1.165, 1.54) is 0 Å². The molecule has 0 aliphatic heterocycles. The maximum Gasteiger partial charge on any atom is 0.122 e. The van der Waals surface area contributed by atoms with E-state index in [2.05, 4.69) is 5.32 Å². The highest BCUT2D eigenvalue weighted by Crippen LogP contribution is 2.22. The first kappa shape index (κ1) is 13.8. The molecule has 0 heterocycles. The van der Waals surface area contributed by atoms with E-state index >= 15 is 0 Å². The molecule has 0 amide bonds. The third-order valence-electron chi connectivity index (χ3n) is 2.72. The maximum absolute atomic E-state index is 9.09. The fourth-order valence-electron chi connectivity index (χ4n) is 1.57. The number of nitrogens with one attached hydrogen (secondary N) is 1. The fraction of sp³-hybridized carbons (Fsp3) is 0.538. The number of methoxy groups -OCH3 is 2. The van der Waals surface area contributed by atoms with Gasteiger partial charge in [-0.2, -0.15) is 0 Å². The summed E-state index contributed by atoms with van der Waals surface area (Å²) in [5, 5.41) is 12.4.